The van der Waals surface area contributed by atoms with Gasteiger partial charge in [-0.3, -0.25) is 9.59 Å². The van der Waals surface area contributed by atoms with Crippen molar-refractivity contribution in [1.29, 1.82) is 0 Å². The van der Waals surface area contributed by atoms with Gasteiger partial charge in [0, 0.05) is 17.1 Å². The van der Waals surface area contributed by atoms with E-state index in [9.17, 15) is 14.7 Å². The second-order valence-corrected chi connectivity index (χ2v) is 6.47. The summed E-state index contributed by atoms with van der Waals surface area (Å²) in [4.78, 5) is 27.4. The average molecular weight is 301 g/mol. The zero-order chi connectivity index (χ0) is 15.1. The summed E-state index contributed by atoms with van der Waals surface area (Å²) in [5.41, 5.74) is 2.51. The summed E-state index contributed by atoms with van der Waals surface area (Å²) in [5, 5.41) is 9.34. The number of carboxylic acid groups (broad SMARTS) is 1. The monoisotopic (exact) mass is 301 g/mol. The summed E-state index contributed by atoms with van der Waals surface area (Å²) in [6, 6.07) is 9.10. The number of fused-ring (bicyclic) bond motifs is 1. The first-order chi connectivity index (χ1) is 9.99. The van der Waals surface area contributed by atoms with E-state index in [2.05, 4.69) is 0 Å². The topological polar surface area (TPSA) is 57.6 Å². The summed E-state index contributed by atoms with van der Waals surface area (Å²) < 4.78 is 0. The van der Waals surface area contributed by atoms with E-state index in [1.807, 2.05) is 38.1 Å². The van der Waals surface area contributed by atoms with Crippen LogP contribution in [0.15, 0.2) is 30.3 Å². The zero-order valence-electron chi connectivity index (χ0n) is 11.8. The van der Waals surface area contributed by atoms with Crippen LogP contribution in [0, 0.1) is 13.8 Å². The quantitative estimate of drug-likeness (QED) is 0.926. The molecule has 1 atom stereocenters. The molecule has 1 aromatic heterocycles. The van der Waals surface area contributed by atoms with Gasteiger partial charge >= 0.3 is 5.97 Å². The standard InChI is InChI=1S/C16H15NO3S/c1-9-7-14(21-10(9)2)15(18)17-8-12(16(19)20)11-5-3-4-6-13(11)17/h3-7,12H,8H2,1-2H3,(H,19,20)/t12-/m0/s1. The third-order valence-corrected chi connectivity index (χ3v) is 5.03. The Balaban J connectivity index is 2.00. The molecule has 1 N–H and O–H groups in total. The van der Waals surface area contributed by atoms with E-state index in [0.29, 0.717) is 16.1 Å². The molecule has 1 aliphatic heterocycles. The first-order valence-corrected chi connectivity index (χ1v) is 7.51. The molecule has 1 aromatic carbocycles. The van der Waals surface area contributed by atoms with Crippen molar-refractivity contribution in [2.75, 3.05) is 11.4 Å². The average Bonchev–Trinajstić information content (AvgIpc) is 3.00. The van der Waals surface area contributed by atoms with Crippen LogP contribution in [0.3, 0.4) is 0 Å². The number of carbonyl (C=O) groups is 2. The molecule has 5 heteroatoms. The molecular formula is C16H15NO3S. The van der Waals surface area contributed by atoms with Crippen LogP contribution in [0.25, 0.3) is 0 Å². The van der Waals surface area contributed by atoms with Gasteiger partial charge < -0.3 is 10.0 Å². The predicted octanol–water partition coefficient (Wildman–Crippen LogP) is 3.19. The Labute approximate surface area is 126 Å². The minimum Gasteiger partial charge on any atom is -0.481 e. The van der Waals surface area contributed by atoms with Gasteiger partial charge in [-0.2, -0.15) is 0 Å². The zero-order valence-corrected chi connectivity index (χ0v) is 12.6. The number of para-hydroxylation sites is 1. The number of thiophene rings is 1. The number of aryl methyl sites for hydroxylation is 2. The van der Waals surface area contributed by atoms with Gasteiger partial charge in [0.05, 0.1) is 4.88 Å². The van der Waals surface area contributed by atoms with Crippen LogP contribution >= 0.6 is 11.3 Å². The Morgan fingerprint density at radius 3 is 2.62 bits per heavy atom. The summed E-state index contributed by atoms with van der Waals surface area (Å²) >= 11 is 1.45. The third-order valence-electron chi connectivity index (χ3n) is 3.89. The molecule has 0 radical (unpaired) electrons. The number of anilines is 1. The van der Waals surface area contributed by atoms with Gasteiger partial charge in [-0.25, -0.2) is 0 Å². The van der Waals surface area contributed by atoms with E-state index in [0.717, 1.165) is 10.4 Å². The fourth-order valence-corrected chi connectivity index (χ4v) is 3.61. The number of rotatable bonds is 2. The van der Waals surface area contributed by atoms with Crippen molar-refractivity contribution in [3.05, 3.63) is 51.2 Å². The fourth-order valence-electron chi connectivity index (χ4n) is 2.62. The van der Waals surface area contributed by atoms with Gasteiger partial charge in [-0.05, 0) is 37.1 Å². The Bertz CT molecular complexity index is 715. The molecule has 0 aliphatic carbocycles. The van der Waals surface area contributed by atoms with E-state index in [1.165, 1.54) is 11.3 Å². The molecule has 108 valence electrons. The maximum atomic E-state index is 12.7. The Morgan fingerprint density at radius 1 is 1.29 bits per heavy atom. The van der Waals surface area contributed by atoms with Gasteiger partial charge in [0.25, 0.3) is 5.91 Å². The Hall–Kier alpha value is -2.14. The lowest BCUT2D eigenvalue weighted by atomic mass is 10.0. The lowest BCUT2D eigenvalue weighted by Crippen LogP contribution is -2.30. The molecule has 0 spiro atoms. The molecule has 21 heavy (non-hydrogen) atoms. The number of aliphatic carboxylic acids is 1. The van der Waals surface area contributed by atoms with E-state index in [-0.39, 0.29) is 12.5 Å². The highest BCUT2D eigenvalue weighted by molar-refractivity contribution is 7.14. The molecule has 1 aliphatic rings. The number of carbonyl (C=O) groups excluding carboxylic acids is 1. The predicted molar refractivity (Wildman–Crippen MR) is 82.3 cm³/mol. The van der Waals surface area contributed by atoms with Crippen molar-refractivity contribution in [3.63, 3.8) is 0 Å². The summed E-state index contributed by atoms with van der Waals surface area (Å²) in [7, 11) is 0. The number of nitrogens with zero attached hydrogens (tertiary/aromatic N) is 1. The third kappa shape index (κ3) is 2.23. The normalized spacial score (nSPS) is 16.9. The molecule has 0 bridgehead atoms. The van der Waals surface area contributed by atoms with Gasteiger partial charge in [0.1, 0.15) is 5.92 Å². The minimum absolute atomic E-state index is 0.118. The van der Waals surface area contributed by atoms with Crippen molar-refractivity contribution in [3.8, 4) is 0 Å². The van der Waals surface area contributed by atoms with Gasteiger partial charge in [0.15, 0.2) is 0 Å². The molecule has 2 aromatic rings. The minimum atomic E-state index is -0.892. The van der Waals surface area contributed by atoms with Crippen molar-refractivity contribution >= 4 is 28.9 Å². The molecule has 0 saturated carbocycles. The number of hydrogen-bond donors (Lipinski definition) is 1. The van der Waals surface area contributed by atoms with Crippen LogP contribution in [0.5, 0.6) is 0 Å². The number of amides is 1. The highest BCUT2D eigenvalue weighted by atomic mass is 32.1. The lowest BCUT2D eigenvalue weighted by Gasteiger charge is -2.16. The summed E-state index contributed by atoms with van der Waals surface area (Å²) in [6.45, 7) is 4.15. The first-order valence-electron chi connectivity index (χ1n) is 6.69. The van der Waals surface area contributed by atoms with Crippen LogP contribution in [0.2, 0.25) is 0 Å². The van der Waals surface area contributed by atoms with Gasteiger partial charge in [-0.1, -0.05) is 18.2 Å². The van der Waals surface area contributed by atoms with Crippen LogP contribution in [-0.4, -0.2) is 23.5 Å². The smallest absolute Gasteiger partial charge is 0.312 e. The maximum Gasteiger partial charge on any atom is 0.312 e. The molecular weight excluding hydrogens is 286 g/mol. The molecule has 3 rings (SSSR count). The largest absolute Gasteiger partial charge is 0.481 e. The second-order valence-electron chi connectivity index (χ2n) is 5.22. The fraction of sp³-hybridized carbons (Fsp3) is 0.250. The van der Waals surface area contributed by atoms with E-state index in [4.69, 9.17) is 0 Å². The van der Waals surface area contributed by atoms with Crippen molar-refractivity contribution in [2.45, 2.75) is 19.8 Å². The lowest BCUT2D eigenvalue weighted by molar-refractivity contribution is -0.138. The molecule has 4 nitrogen and oxygen atoms in total. The summed E-state index contributed by atoms with van der Waals surface area (Å²) in [6.07, 6.45) is 0. The molecule has 2 heterocycles. The van der Waals surface area contributed by atoms with E-state index >= 15 is 0 Å². The van der Waals surface area contributed by atoms with Crippen molar-refractivity contribution < 1.29 is 14.7 Å². The number of hydrogen-bond acceptors (Lipinski definition) is 3. The van der Waals surface area contributed by atoms with Crippen LogP contribution in [0.1, 0.15) is 31.6 Å². The highest BCUT2D eigenvalue weighted by Gasteiger charge is 2.37. The SMILES string of the molecule is Cc1cc(C(=O)N2C[C@H](C(=O)O)c3ccccc32)sc1C. The maximum absolute atomic E-state index is 12.7. The van der Waals surface area contributed by atoms with Crippen LogP contribution < -0.4 is 4.90 Å². The van der Waals surface area contributed by atoms with Gasteiger partial charge in [-0.15, -0.1) is 11.3 Å². The highest BCUT2D eigenvalue weighted by Crippen LogP contribution is 2.37. The van der Waals surface area contributed by atoms with E-state index in [1.54, 1.807) is 11.0 Å². The van der Waals surface area contributed by atoms with Crippen LogP contribution in [0.4, 0.5) is 5.69 Å². The molecule has 1 amide bonds. The molecule has 0 saturated heterocycles. The van der Waals surface area contributed by atoms with Crippen LogP contribution in [-0.2, 0) is 4.79 Å². The molecule has 0 fully saturated rings. The number of carboxylic acids is 1. The Morgan fingerprint density at radius 2 is 2.00 bits per heavy atom. The molecule has 0 unspecified atom stereocenters. The second kappa shape index (κ2) is 5.00. The number of benzene rings is 1. The Kier molecular flexibility index (Phi) is 3.29. The van der Waals surface area contributed by atoms with Crippen molar-refractivity contribution in [1.82, 2.24) is 0 Å². The first kappa shape index (κ1) is 13.8. The summed E-state index contributed by atoms with van der Waals surface area (Å²) in [5.74, 6) is -1.66. The van der Waals surface area contributed by atoms with Gasteiger partial charge in [0.2, 0.25) is 0 Å². The van der Waals surface area contributed by atoms with E-state index < -0.39 is 11.9 Å². The van der Waals surface area contributed by atoms with Crippen molar-refractivity contribution in [2.24, 2.45) is 0 Å².